The normalized spacial score (nSPS) is 21.2. The number of aryl methyl sites for hydroxylation is 2. The van der Waals surface area contributed by atoms with Gasteiger partial charge in [-0.25, -0.2) is 9.97 Å². The van der Waals surface area contributed by atoms with Crippen LogP contribution in [0, 0.1) is 31.6 Å². The lowest BCUT2D eigenvalue weighted by Crippen LogP contribution is -2.57. The van der Waals surface area contributed by atoms with E-state index in [0.717, 1.165) is 65.6 Å². The van der Waals surface area contributed by atoms with Crippen molar-refractivity contribution in [2.75, 3.05) is 19.6 Å². The summed E-state index contributed by atoms with van der Waals surface area (Å²) < 4.78 is 11.6. The number of benzene rings is 6. The van der Waals surface area contributed by atoms with Crippen LogP contribution in [0.25, 0.3) is 32.0 Å². The summed E-state index contributed by atoms with van der Waals surface area (Å²) in [6.07, 6.45) is -0.958. The molecule has 3 fully saturated rings. The molecule has 15 rings (SSSR count). The molecule has 6 N–H and O–H groups in total. The van der Waals surface area contributed by atoms with Crippen molar-refractivity contribution in [3.05, 3.63) is 224 Å². The zero-order chi connectivity index (χ0) is 81.0. The number of nitrogens with one attached hydrogen (secondary N) is 3. The number of rotatable bonds is 25. The Morgan fingerprint density at radius 1 is 0.539 bits per heavy atom. The summed E-state index contributed by atoms with van der Waals surface area (Å²) in [5.74, 6) is -5.81. The van der Waals surface area contributed by atoms with Crippen LogP contribution in [0.5, 0.6) is 5.75 Å². The van der Waals surface area contributed by atoms with E-state index in [4.69, 9.17) is 9.26 Å². The lowest BCUT2D eigenvalue weighted by molar-refractivity contribution is -0.145. The van der Waals surface area contributed by atoms with Crippen LogP contribution in [-0.2, 0) is 74.5 Å². The minimum atomic E-state index is -1.75. The van der Waals surface area contributed by atoms with Crippen molar-refractivity contribution in [2.24, 2.45) is 17.8 Å². The predicted molar refractivity (Wildman–Crippen MR) is 428 cm³/mol. The van der Waals surface area contributed by atoms with Crippen molar-refractivity contribution < 1.29 is 67.7 Å². The number of likely N-dealkylation sites (tertiary alicyclic amines) is 3. The third-order valence-corrected chi connectivity index (χ3v) is 25.1. The highest BCUT2D eigenvalue weighted by Gasteiger charge is 2.55. The maximum atomic E-state index is 15.8. The maximum absolute atomic E-state index is 15.8. The topological polar surface area (TPSA) is 331 Å². The van der Waals surface area contributed by atoms with Crippen LogP contribution in [0.4, 0.5) is 0 Å². The van der Waals surface area contributed by atoms with Crippen LogP contribution in [0.2, 0.25) is 0 Å². The van der Waals surface area contributed by atoms with Crippen molar-refractivity contribution in [1.82, 2.24) is 60.5 Å². The average Bonchev–Trinajstić information content (AvgIpc) is 1.62. The van der Waals surface area contributed by atoms with Crippen LogP contribution in [-0.4, -0.2) is 193 Å². The SMILES string of the molecule is Cc1ncsc1-c1ccc(CNC(=O)[C@@H]2[C@@H](O)[C@@H](Oc3ccc4c(c3)C(=O)N([C@H](C(=O)N3C[C@@](O)(Cc5ccc6c(c5)CN([C@H](C(=O)N5C[C@H](O)C[C@H]5C(=O)NCc5ccc(-c7cnoc7)cc5)C(C)C)C6=O)C[C@H]3C(=O)NCc3ccc(-c5scnc5C)cc3)C(C)C)C4)CN2C(=O)[C@H](C(C)C)N2Cc3ccccc3C2=O)cc1. The number of hydrogen-bond acceptors (Lipinski definition) is 19. The number of carbonyl (C=O) groups is 9. The molecule has 115 heavy (non-hydrogen) atoms. The first kappa shape index (κ1) is 79.0. The number of aliphatic hydroxyl groups excluding tert-OH is 2. The highest BCUT2D eigenvalue weighted by molar-refractivity contribution is 7.13. The Bertz CT molecular complexity index is 5220. The van der Waals surface area contributed by atoms with Gasteiger partial charge in [-0.2, -0.15) is 0 Å². The molecule has 0 unspecified atom stereocenters. The molecule has 28 heteroatoms. The van der Waals surface area contributed by atoms with E-state index in [9.17, 15) is 44.1 Å². The van der Waals surface area contributed by atoms with Crippen LogP contribution in [0.15, 0.2) is 161 Å². The van der Waals surface area contributed by atoms with Gasteiger partial charge in [0.2, 0.25) is 35.4 Å². The van der Waals surface area contributed by atoms with Gasteiger partial charge < -0.3 is 69.9 Å². The highest BCUT2D eigenvalue weighted by atomic mass is 32.1. The largest absolute Gasteiger partial charge is 0.486 e. The van der Waals surface area contributed by atoms with Gasteiger partial charge in [-0.15, -0.1) is 22.7 Å². The van der Waals surface area contributed by atoms with E-state index in [-0.39, 0.29) is 95.4 Å². The molecule has 0 saturated carbocycles. The molecule has 0 spiro atoms. The second kappa shape index (κ2) is 32.5. The van der Waals surface area contributed by atoms with Gasteiger partial charge in [-0.05, 0) is 112 Å². The lowest BCUT2D eigenvalue weighted by atomic mass is 9.90. The second-order valence-corrected chi connectivity index (χ2v) is 33.8. The van der Waals surface area contributed by atoms with Gasteiger partial charge in [0.15, 0.2) is 0 Å². The molecule has 10 atom stereocenters. The zero-order valence-electron chi connectivity index (χ0n) is 65.1. The Morgan fingerprint density at radius 3 is 1.56 bits per heavy atom. The summed E-state index contributed by atoms with van der Waals surface area (Å²) in [5.41, 5.74) is 13.0. The van der Waals surface area contributed by atoms with E-state index in [1.54, 1.807) is 73.5 Å². The van der Waals surface area contributed by atoms with Crippen molar-refractivity contribution >= 4 is 75.8 Å². The Labute approximate surface area is 673 Å². The molecular weight excluding hydrogens is 1500 g/mol. The quantitative estimate of drug-likeness (QED) is 0.0312. The molecule has 3 aromatic heterocycles. The number of nitrogens with zero attached hydrogens (tertiary/aromatic N) is 9. The Kier molecular flexibility index (Phi) is 22.3. The van der Waals surface area contributed by atoms with Gasteiger partial charge in [-0.3, -0.25) is 43.2 Å². The lowest BCUT2D eigenvalue weighted by Gasteiger charge is -2.35. The third-order valence-electron chi connectivity index (χ3n) is 23.1. The van der Waals surface area contributed by atoms with E-state index < -0.39 is 125 Å². The second-order valence-electron chi connectivity index (χ2n) is 32.1. The summed E-state index contributed by atoms with van der Waals surface area (Å²) in [6, 6.07) is 33.0. The minimum Gasteiger partial charge on any atom is -0.486 e. The predicted octanol–water partition coefficient (Wildman–Crippen LogP) is 8.65. The number of hydrogen-bond donors (Lipinski definition) is 6. The zero-order valence-corrected chi connectivity index (χ0v) is 66.7. The van der Waals surface area contributed by atoms with E-state index in [1.165, 1.54) is 64.4 Å². The summed E-state index contributed by atoms with van der Waals surface area (Å²) >= 11 is 3.04. The molecule has 9 heterocycles. The summed E-state index contributed by atoms with van der Waals surface area (Å²) in [7, 11) is 0. The van der Waals surface area contributed by atoms with Crippen LogP contribution in [0.3, 0.4) is 0 Å². The maximum Gasteiger partial charge on any atom is 0.255 e. The fourth-order valence-electron chi connectivity index (χ4n) is 17.3. The first-order valence-electron chi connectivity index (χ1n) is 38.9. The van der Waals surface area contributed by atoms with Gasteiger partial charge in [-0.1, -0.05) is 156 Å². The number of aromatic nitrogens is 3. The first-order chi connectivity index (χ1) is 55.2. The Morgan fingerprint density at radius 2 is 1.03 bits per heavy atom. The molecule has 0 radical (unpaired) electrons. The smallest absolute Gasteiger partial charge is 0.255 e. The first-order valence-corrected chi connectivity index (χ1v) is 40.7. The number of fused-ring (bicyclic) bond motifs is 3. The standard InChI is InChI=1S/C87H92N12O14S2/c1-47(2)71(84(108)94-41-63(100)30-68(94)78(102)88-34-52-13-20-56(21-14-52)62-37-93-112-43-62)97-40-61-29-55(19-28-66(61)82(97)106)32-87(111)33-69(79(103)89-35-53-15-22-57(23-16-53)76-50(7)91-45-114-76)99(44-87)86(110)73(49(5)6)96-39-60-26-27-64(31-67(60)83(96)107)113-70-42-98(85(109)72(48(3)4)95-38-59-11-9-10-12-65(59)81(95)105)74(75(70)101)80(104)90-36-54-17-24-58(25-18-54)77-51(8)92-46-115-77/h9-29,31,37,43,45-49,63,68-75,100-101,111H,30,32-36,38-42,44H2,1-8H3,(H,88,102)(H,89,103)(H,90,104)/t63-,68+,69+,70+,71+,72+,73+,74+,75+,87-/m1/s1. The summed E-state index contributed by atoms with van der Waals surface area (Å²) in [5, 5.41) is 49.1. The Hall–Kier alpha value is -11.3. The van der Waals surface area contributed by atoms with E-state index in [2.05, 4.69) is 31.1 Å². The number of aliphatic hydroxyl groups is 3. The molecule has 6 aliphatic rings. The molecule has 0 aliphatic carbocycles. The van der Waals surface area contributed by atoms with Crippen molar-refractivity contribution in [3.8, 4) is 37.8 Å². The molecule has 6 aliphatic heterocycles. The molecule has 3 saturated heterocycles. The van der Waals surface area contributed by atoms with Crippen LogP contribution >= 0.6 is 22.7 Å². The number of β-amino-alcohol motifs (C(OH)–C–C–N with tert-alkyl or cyclic N) is 2. The summed E-state index contributed by atoms with van der Waals surface area (Å²) in [6.45, 7) is 14.5. The van der Waals surface area contributed by atoms with E-state index in [0.29, 0.717) is 27.8 Å². The van der Waals surface area contributed by atoms with Gasteiger partial charge in [0.25, 0.3) is 17.7 Å². The van der Waals surface area contributed by atoms with Crippen molar-refractivity contribution in [1.29, 1.82) is 0 Å². The van der Waals surface area contributed by atoms with Gasteiger partial charge >= 0.3 is 0 Å². The monoisotopic (exact) mass is 1590 g/mol. The highest BCUT2D eigenvalue weighted by Crippen LogP contribution is 2.40. The van der Waals surface area contributed by atoms with E-state index >= 15 is 14.4 Å². The molecule has 0 bridgehead atoms. The molecule has 9 aromatic rings. The van der Waals surface area contributed by atoms with Gasteiger partial charge in [0.05, 0.1) is 63.2 Å². The van der Waals surface area contributed by atoms with Gasteiger partial charge in [0.1, 0.15) is 60.5 Å². The fraction of sp³-hybridized carbons (Fsp3) is 0.379. The van der Waals surface area contributed by atoms with Crippen LogP contribution < -0.4 is 20.7 Å². The molecule has 26 nitrogen and oxygen atoms in total. The number of thiazole rings is 2. The summed E-state index contributed by atoms with van der Waals surface area (Å²) in [4.78, 5) is 153. The number of amides is 9. The number of carbonyl (C=O) groups excluding carboxylic acids is 9. The molecule has 596 valence electrons. The number of ether oxygens (including phenoxy) is 1. The molecule has 6 aromatic carbocycles. The van der Waals surface area contributed by atoms with Crippen LogP contribution in [0.1, 0.15) is 136 Å². The van der Waals surface area contributed by atoms with E-state index in [1.807, 2.05) is 126 Å². The van der Waals surface area contributed by atoms with Crippen molar-refractivity contribution in [2.45, 2.75) is 174 Å². The van der Waals surface area contributed by atoms with Crippen molar-refractivity contribution in [3.63, 3.8) is 0 Å². The fourth-order valence-corrected chi connectivity index (χ4v) is 18.9. The molecule has 9 amide bonds. The average molecular weight is 1590 g/mol. The minimum absolute atomic E-state index is 0.00462. The molecular formula is C87H92N12O14S2. The van der Waals surface area contributed by atoms with Gasteiger partial charge in [0, 0.05) is 87.3 Å². The Balaban J connectivity index is 0.651. The third kappa shape index (κ3) is 15.8.